The number of sulfone groups is 1. The SMILES string of the molecule is CS(=O)(=O)c1ccc(C(=O)N2[C@H]3CC[C@@H]2[C@@](CO)(Cc2ccccc2)C3)cc1. The van der Waals surface area contributed by atoms with Gasteiger partial charge in [-0.2, -0.15) is 0 Å². The minimum atomic E-state index is -3.29. The first kappa shape index (κ1) is 19.2. The number of nitrogens with zero attached hydrogens (tertiary/aromatic N) is 1. The number of carbonyl (C=O) groups is 1. The van der Waals surface area contributed by atoms with Gasteiger partial charge in [-0.3, -0.25) is 4.79 Å². The van der Waals surface area contributed by atoms with Crippen molar-refractivity contribution in [2.75, 3.05) is 12.9 Å². The summed E-state index contributed by atoms with van der Waals surface area (Å²) in [5.74, 6) is -0.0732. The van der Waals surface area contributed by atoms with Gasteiger partial charge in [0.05, 0.1) is 11.5 Å². The van der Waals surface area contributed by atoms with Gasteiger partial charge in [-0.05, 0) is 55.5 Å². The van der Waals surface area contributed by atoms with Crippen molar-refractivity contribution >= 4 is 15.7 Å². The van der Waals surface area contributed by atoms with Crippen LogP contribution in [-0.4, -0.2) is 49.3 Å². The second-order valence-electron chi connectivity index (χ2n) is 8.14. The number of aliphatic hydroxyl groups is 1. The van der Waals surface area contributed by atoms with Gasteiger partial charge in [0, 0.05) is 29.3 Å². The third kappa shape index (κ3) is 3.25. The Labute approximate surface area is 165 Å². The van der Waals surface area contributed by atoms with Crippen molar-refractivity contribution in [3.05, 3.63) is 65.7 Å². The van der Waals surface area contributed by atoms with Crippen molar-refractivity contribution in [2.24, 2.45) is 5.41 Å². The average Bonchev–Trinajstić information content (AvgIpc) is 3.24. The lowest BCUT2D eigenvalue weighted by Gasteiger charge is -2.36. The molecule has 0 saturated carbocycles. The van der Waals surface area contributed by atoms with Crippen LogP contribution in [0.4, 0.5) is 0 Å². The number of hydrogen-bond donors (Lipinski definition) is 1. The second kappa shape index (κ2) is 7.01. The Hall–Kier alpha value is -2.18. The molecule has 2 aromatic rings. The molecule has 0 aromatic heterocycles. The summed E-state index contributed by atoms with van der Waals surface area (Å²) < 4.78 is 23.3. The third-order valence-corrected chi connectivity index (χ3v) is 7.46. The molecule has 0 aliphatic carbocycles. The summed E-state index contributed by atoms with van der Waals surface area (Å²) in [6, 6.07) is 16.4. The molecule has 2 heterocycles. The van der Waals surface area contributed by atoms with Crippen LogP contribution in [0.25, 0.3) is 0 Å². The smallest absolute Gasteiger partial charge is 0.254 e. The molecule has 148 valence electrons. The van der Waals surface area contributed by atoms with Crippen molar-refractivity contribution < 1.29 is 18.3 Å². The highest BCUT2D eigenvalue weighted by molar-refractivity contribution is 7.90. The highest BCUT2D eigenvalue weighted by atomic mass is 32.2. The molecule has 0 spiro atoms. The lowest BCUT2D eigenvalue weighted by molar-refractivity contribution is 0.0571. The molecular weight excluding hydrogens is 374 g/mol. The van der Waals surface area contributed by atoms with E-state index in [1.165, 1.54) is 17.7 Å². The normalized spacial score (nSPS) is 26.6. The minimum Gasteiger partial charge on any atom is -0.396 e. The first-order valence-electron chi connectivity index (χ1n) is 9.62. The van der Waals surface area contributed by atoms with Crippen molar-refractivity contribution in [3.63, 3.8) is 0 Å². The molecule has 2 fully saturated rings. The Morgan fingerprint density at radius 3 is 2.39 bits per heavy atom. The summed E-state index contributed by atoms with van der Waals surface area (Å²) in [7, 11) is -3.29. The zero-order valence-corrected chi connectivity index (χ0v) is 16.7. The van der Waals surface area contributed by atoms with E-state index in [9.17, 15) is 18.3 Å². The van der Waals surface area contributed by atoms with Crippen molar-refractivity contribution in [3.8, 4) is 0 Å². The molecule has 2 aromatic carbocycles. The van der Waals surface area contributed by atoms with Crippen LogP contribution in [0.1, 0.15) is 35.2 Å². The van der Waals surface area contributed by atoms with E-state index in [2.05, 4.69) is 12.1 Å². The first-order chi connectivity index (χ1) is 13.3. The number of aliphatic hydroxyl groups excluding tert-OH is 1. The van der Waals surface area contributed by atoms with E-state index in [1.54, 1.807) is 12.1 Å². The maximum Gasteiger partial charge on any atom is 0.254 e. The van der Waals surface area contributed by atoms with Crippen LogP contribution in [-0.2, 0) is 16.3 Å². The van der Waals surface area contributed by atoms with Gasteiger partial charge in [-0.1, -0.05) is 30.3 Å². The molecular formula is C22H25NO4S. The van der Waals surface area contributed by atoms with Crippen molar-refractivity contribution in [1.82, 2.24) is 4.90 Å². The number of fused-ring (bicyclic) bond motifs is 2. The van der Waals surface area contributed by atoms with Gasteiger partial charge >= 0.3 is 0 Å². The van der Waals surface area contributed by atoms with Gasteiger partial charge in [0.1, 0.15) is 0 Å². The van der Waals surface area contributed by atoms with E-state index >= 15 is 0 Å². The van der Waals surface area contributed by atoms with Crippen LogP contribution in [0.2, 0.25) is 0 Å². The van der Waals surface area contributed by atoms with Crippen molar-refractivity contribution in [1.29, 1.82) is 0 Å². The van der Waals surface area contributed by atoms with E-state index < -0.39 is 9.84 Å². The largest absolute Gasteiger partial charge is 0.396 e. The monoisotopic (exact) mass is 399 g/mol. The lowest BCUT2D eigenvalue weighted by Crippen LogP contribution is -2.43. The molecule has 2 aliphatic rings. The predicted molar refractivity (Wildman–Crippen MR) is 107 cm³/mol. The fraction of sp³-hybridized carbons (Fsp3) is 0.409. The highest BCUT2D eigenvalue weighted by Gasteiger charge is 2.57. The molecule has 4 rings (SSSR count). The number of carbonyl (C=O) groups excluding carboxylic acids is 1. The van der Waals surface area contributed by atoms with Gasteiger partial charge in [-0.25, -0.2) is 8.42 Å². The van der Waals surface area contributed by atoms with Crippen LogP contribution in [0.5, 0.6) is 0 Å². The Morgan fingerprint density at radius 1 is 1.11 bits per heavy atom. The van der Waals surface area contributed by atoms with E-state index in [-0.39, 0.29) is 34.9 Å². The van der Waals surface area contributed by atoms with Crippen LogP contribution >= 0.6 is 0 Å². The fourth-order valence-electron chi connectivity index (χ4n) is 5.01. The maximum absolute atomic E-state index is 13.2. The molecule has 0 radical (unpaired) electrons. The number of amides is 1. The topological polar surface area (TPSA) is 74.7 Å². The predicted octanol–water partition coefficient (Wildman–Crippen LogP) is 2.69. The van der Waals surface area contributed by atoms with Gasteiger partial charge in [0.15, 0.2) is 9.84 Å². The molecule has 1 N–H and O–H groups in total. The van der Waals surface area contributed by atoms with Crippen LogP contribution < -0.4 is 0 Å². The van der Waals surface area contributed by atoms with Crippen LogP contribution in [0.3, 0.4) is 0 Å². The Bertz CT molecular complexity index is 971. The number of hydrogen-bond acceptors (Lipinski definition) is 4. The number of benzene rings is 2. The summed E-state index contributed by atoms with van der Waals surface area (Å²) in [6.45, 7) is 0.0554. The lowest BCUT2D eigenvalue weighted by atomic mass is 9.70. The van der Waals surface area contributed by atoms with Crippen LogP contribution in [0, 0.1) is 5.41 Å². The highest BCUT2D eigenvalue weighted by Crippen LogP contribution is 2.51. The first-order valence-corrected chi connectivity index (χ1v) is 11.5. The average molecular weight is 400 g/mol. The zero-order valence-electron chi connectivity index (χ0n) is 15.9. The molecule has 28 heavy (non-hydrogen) atoms. The minimum absolute atomic E-state index is 0.00444. The van der Waals surface area contributed by atoms with Gasteiger partial charge in [0.25, 0.3) is 5.91 Å². The second-order valence-corrected chi connectivity index (χ2v) is 10.2. The number of rotatable bonds is 5. The quantitative estimate of drug-likeness (QED) is 0.839. The van der Waals surface area contributed by atoms with E-state index in [4.69, 9.17) is 0 Å². The molecule has 2 bridgehead atoms. The third-order valence-electron chi connectivity index (χ3n) is 6.33. The van der Waals surface area contributed by atoms with Crippen LogP contribution in [0.15, 0.2) is 59.5 Å². The van der Waals surface area contributed by atoms with E-state index in [0.29, 0.717) is 5.56 Å². The summed E-state index contributed by atoms with van der Waals surface area (Å²) in [6.07, 6.45) is 4.56. The molecule has 6 heteroatoms. The van der Waals surface area contributed by atoms with E-state index in [0.717, 1.165) is 31.9 Å². The Morgan fingerprint density at radius 2 is 1.79 bits per heavy atom. The van der Waals surface area contributed by atoms with Gasteiger partial charge in [0.2, 0.25) is 0 Å². The molecule has 2 saturated heterocycles. The summed E-state index contributed by atoms with van der Waals surface area (Å²) in [5, 5.41) is 10.3. The van der Waals surface area contributed by atoms with E-state index in [1.807, 2.05) is 23.1 Å². The molecule has 5 nitrogen and oxygen atoms in total. The molecule has 2 aliphatic heterocycles. The Kier molecular flexibility index (Phi) is 4.79. The Balaban J connectivity index is 1.60. The maximum atomic E-state index is 13.2. The van der Waals surface area contributed by atoms with Crippen molar-refractivity contribution in [2.45, 2.75) is 42.7 Å². The summed E-state index contributed by atoms with van der Waals surface area (Å²) >= 11 is 0. The fourth-order valence-corrected chi connectivity index (χ4v) is 5.64. The standard InChI is InChI=1S/C22H25NO4S/c1-28(26,27)19-10-7-17(8-11-19)21(25)23-18-9-12-20(23)22(14-18,15-24)13-16-5-3-2-4-6-16/h2-8,10-11,18,20,24H,9,12-15H2,1H3/t18-,20+,22-/m0/s1. The molecule has 0 unspecified atom stereocenters. The summed E-state index contributed by atoms with van der Waals surface area (Å²) in [5.41, 5.74) is 1.36. The van der Waals surface area contributed by atoms with Gasteiger partial charge in [-0.15, -0.1) is 0 Å². The summed E-state index contributed by atoms with van der Waals surface area (Å²) in [4.78, 5) is 15.4. The molecule has 3 atom stereocenters. The molecule has 1 amide bonds. The zero-order chi connectivity index (χ0) is 19.9. The van der Waals surface area contributed by atoms with Gasteiger partial charge < -0.3 is 10.0 Å².